The molecule has 1 aliphatic heterocycles. The van der Waals surface area contributed by atoms with Gasteiger partial charge in [-0.2, -0.15) is 0 Å². The Morgan fingerprint density at radius 1 is 1.73 bits per heavy atom. The van der Waals surface area contributed by atoms with Gasteiger partial charge in [-0.25, -0.2) is 4.98 Å². The normalized spacial score (nSPS) is 23.0. The van der Waals surface area contributed by atoms with E-state index in [-0.39, 0.29) is 6.10 Å². The third kappa shape index (κ3) is 1.11. The summed E-state index contributed by atoms with van der Waals surface area (Å²) in [7, 11) is 0. The highest BCUT2D eigenvalue weighted by Crippen LogP contribution is 2.10. The van der Waals surface area contributed by atoms with Gasteiger partial charge in [-0.1, -0.05) is 5.16 Å². The number of hydrogen-bond donors (Lipinski definition) is 0. The van der Waals surface area contributed by atoms with E-state index in [1.54, 1.807) is 12.5 Å². The van der Waals surface area contributed by atoms with Crippen LogP contribution in [-0.4, -0.2) is 21.5 Å². The second-order valence-electron chi connectivity index (χ2n) is 2.60. The Labute approximate surface area is 64.5 Å². The summed E-state index contributed by atoms with van der Waals surface area (Å²) >= 11 is 0. The Hall–Kier alpha value is -1.32. The average Bonchev–Trinajstić information content (AvgIpc) is 2.55. The Balaban J connectivity index is 2.19. The lowest BCUT2D eigenvalue weighted by Crippen LogP contribution is -2.09. The predicted molar refractivity (Wildman–Crippen MR) is 40.2 cm³/mol. The molecule has 0 amide bonds. The highest BCUT2D eigenvalue weighted by atomic mass is 16.6. The Morgan fingerprint density at radius 3 is 3.18 bits per heavy atom. The molecule has 1 unspecified atom stereocenters. The van der Waals surface area contributed by atoms with Gasteiger partial charge in [0, 0.05) is 18.8 Å². The van der Waals surface area contributed by atoms with Crippen molar-refractivity contribution in [2.75, 3.05) is 0 Å². The molecule has 11 heavy (non-hydrogen) atoms. The van der Waals surface area contributed by atoms with Crippen molar-refractivity contribution < 1.29 is 4.84 Å². The maximum Gasteiger partial charge on any atom is 0.157 e. The summed E-state index contributed by atoms with van der Waals surface area (Å²) in [4.78, 5) is 8.95. The molecule has 1 atom stereocenters. The van der Waals surface area contributed by atoms with Gasteiger partial charge >= 0.3 is 0 Å². The van der Waals surface area contributed by atoms with Gasteiger partial charge in [-0.15, -0.1) is 0 Å². The zero-order valence-electron chi connectivity index (χ0n) is 6.27. The second-order valence-corrected chi connectivity index (χ2v) is 2.60. The average molecular weight is 151 g/mol. The molecule has 4 nitrogen and oxygen atoms in total. The molecule has 0 saturated heterocycles. The Morgan fingerprint density at radius 2 is 2.64 bits per heavy atom. The highest BCUT2D eigenvalue weighted by Gasteiger charge is 2.16. The van der Waals surface area contributed by atoms with Crippen molar-refractivity contribution in [3.63, 3.8) is 0 Å². The number of rotatable bonds is 0. The first kappa shape index (κ1) is 6.39. The van der Waals surface area contributed by atoms with E-state index in [4.69, 9.17) is 4.84 Å². The van der Waals surface area contributed by atoms with Crippen molar-refractivity contribution in [3.05, 3.63) is 18.7 Å². The van der Waals surface area contributed by atoms with Crippen LogP contribution in [0.15, 0.2) is 23.9 Å². The molecule has 0 aromatic carbocycles. The minimum atomic E-state index is 0.201. The highest BCUT2D eigenvalue weighted by molar-refractivity contribution is 5.85. The molecule has 0 fully saturated rings. The SMILES string of the molecule is CC1CC(n2ccnc2)=NO1. The Bertz CT molecular complexity index is 265. The van der Waals surface area contributed by atoms with Crippen molar-refractivity contribution in [1.82, 2.24) is 9.55 Å². The van der Waals surface area contributed by atoms with Gasteiger partial charge in [0.05, 0.1) is 0 Å². The molecule has 0 saturated carbocycles. The monoisotopic (exact) mass is 151 g/mol. The number of aromatic nitrogens is 2. The summed E-state index contributed by atoms with van der Waals surface area (Å²) < 4.78 is 1.86. The second kappa shape index (κ2) is 2.38. The topological polar surface area (TPSA) is 39.4 Å². The summed E-state index contributed by atoms with van der Waals surface area (Å²) in [6, 6.07) is 0. The lowest BCUT2D eigenvalue weighted by molar-refractivity contribution is 0.0995. The molecule has 0 bridgehead atoms. The van der Waals surface area contributed by atoms with Gasteiger partial charge in [-0.3, -0.25) is 4.57 Å². The van der Waals surface area contributed by atoms with Crippen molar-refractivity contribution in [3.8, 4) is 0 Å². The van der Waals surface area contributed by atoms with Gasteiger partial charge in [0.25, 0.3) is 0 Å². The summed E-state index contributed by atoms with van der Waals surface area (Å²) in [6.45, 7) is 1.99. The fourth-order valence-electron chi connectivity index (χ4n) is 1.05. The lowest BCUT2D eigenvalue weighted by atomic mass is 10.3. The summed E-state index contributed by atoms with van der Waals surface area (Å²) in [5, 5.41) is 3.90. The predicted octanol–water partition coefficient (Wildman–Crippen LogP) is 0.853. The minimum Gasteiger partial charge on any atom is -0.391 e. The number of nitrogens with zero attached hydrogens (tertiary/aromatic N) is 3. The Kier molecular flexibility index (Phi) is 1.38. The summed E-state index contributed by atoms with van der Waals surface area (Å²) in [6.07, 6.45) is 6.37. The maximum absolute atomic E-state index is 5.03. The van der Waals surface area contributed by atoms with Gasteiger partial charge in [-0.05, 0) is 6.92 Å². The van der Waals surface area contributed by atoms with Crippen LogP contribution < -0.4 is 0 Å². The summed E-state index contributed by atoms with van der Waals surface area (Å²) in [5.74, 6) is 0.926. The van der Waals surface area contributed by atoms with Crippen LogP contribution >= 0.6 is 0 Å². The fourth-order valence-corrected chi connectivity index (χ4v) is 1.05. The van der Waals surface area contributed by atoms with Crippen molar-refractivity contribution in [2.24, 2.45) is 5.16 Å². The minimum absolute atomic E-state index is 0.201. The van der Waals surface area contributed by atoms with Crippen LogP contribution in [-0.2, 0) is 4.84 Å². The van der Waals surface area contributed by atoms with E-state index in [0.29, 0.717) is 0 Å². The number of oxime groups is 1. The van der Waals surface area contributed by atoms with Crippen molar-refractivity contribution in [1.29, 1.82) is 0 Å². The first-order valence-electron chi connectivity index (χ1n) is 3.57. The molecular formula is C7H9N3O. The zero-order valence-corrected chi connectivity index (χ0v) is 6.27. The van der Waals surface area contributed by atoms with E-state index in [2.05, 4.69) is 10.1 Å². The van der Waals surface area contributed by atoms with Crippen LogP contribution in [0.5, 0.6) is 0 Å². The van der Waals surface area contributed by atoms with Crippen LogP contribution in [0.1, 0.15) is 13.3 Å². The molecule has 1 aliphatic rings. The van der Waals surface area contributed by atoms with Gasteiger partial charge in [0.15, 0.2) is 5.84 Å². The maximum atomic E-state index is 5.03. The van der Waals surface area contributed by atoms with Crippen LogP contribution in [0.2, 0.25) is 0 Å². The molecule has 0 N–H and O–H groups in total. The van der Waals surface area contributed by atoms with E-state index in [0.717, 1.165) is 12.3 Å². The molecule has 0 radical (unpaired) electrons. The standard InChI is InChI=1S/C7H9N3O/c1-6-4-7(9-11-6)10-3-2-8-5-10/h2-3,5-6H,4H2,1H3. The molecule has 0 aliphatic carbocycles. The van der Waals surface area contributed by atoms with Gasteiger partial charge in [0.2, 0.25) is 0 Å². The first-order valence-corrected chi connectivity index (χ1v) is 3.57. The van der Waals surface area contributed by atoms with E-state index in [1.165, 1.54) is 0 Å². The third-order valence-corrected chi connectivity index (χ3v) is 1.61. The van der Waals surface area contributed by atoms with Gasteiger partial charge in [0.1, 0.15) is 12.4 Å². The smallest absolute Gasteiger partial charge is 0.157 e. The van der Waals surface area contributed by atoms with Crippen molar-refractivity contribution in [2.45, 2.75) is 19.4 Å². The van der Waals surface area contributed by atoms with Crippen molar-refractivity contribution >= 4 is 5.84 Å². The molecular weight excluding hydrogens is 142 g/mol. The molecule has 1 aromatic rings. The molecule has 58 valence electrons. The molecule has 4 heteroatoms. The van der Waals surface area contributed by atoms with Crippen LogP contribution in [0.3, 0.4) is 0 Å². The number of imidazole rings is 1. The van der Waals surface area contributed by atoms with E-state index >= 15 is 0 Å². The summed E-state index contributed by atoms with van der Waals surface area (Å²) in [5.41, 5.74) is 0. The number of hydrogen-bond acceptors (Lipinski definition) is 3. The van der Waals surface area contributed by atoms with E-state index < -0.39 is 0 Å². The molecule has 2 heterocycles. The fraction of sp³-hybridized carbons (Fsp3) is 0.429. The molecule has 0 spiro atoms. The first-order chi connectivity index (χ1) is 5.36. The quantitative estimate of drug-likeness (QED) is 0.551. The van der Waals surface area contributed by atoms with Crippen LogP contribution in [0.4, 0.5) is 0 Å². The van der Waals surface area contributed by atoms with Gasteiger partial charge < -0.3 is 4.84 Å². The molecule has 1 aromatic heterocycles. The van der Waals surface area contributed by atoms with Crippen LogP contribution in [0.25, 0.3) is 0 Å². The lowest BCUT2D eigenvalue weighted by Gasteiger charge is -1.96. The molecule has 2 rings (SSSR count). The third-order valence-electron chi connectivity index (χ3n) is 1.61. The van der Waals surface area contributed by atoms with E-state index in [1.807, 2.05) is 17.7 Å². The van der Waals surface area contributed by atoms with Crippen LogP contribution in [0, 0.1) is 0 Å². The largest absolute Gasteiger partial charge is 0.391 e. The van der Waals surface area contributed by atoms with E-state index in [9.17, 15) is 0 Å². The zero-order chi connectivity index (χ0) is 7.68.